The van der Waals surface area contributed by atoms with Crippen molar-refractivity contribution in [2.75, 3.05) is 0 Å². The number of aromatic nitrogens is 5. The first-order chi connectivity index (χ1) is 13.4. The zero-order chi connectivity index (χ0) is 20.3. The molecular formula is C23H26N5Pt+. The van der Waals surface area contributed by atoms with Crippen molar-refractivity contribution in [3.05, 3.63) is 83.8 Å². The number of benzene rings is 2. The molecule has 4 aromatic rings. The normalized spacial score (nSPS) is 10.1. The molecule has 0 saturated carbocycles. The first-order valence-corrected chi connectivity index (χ1v) is 9.23. The van der Waals surface area contributed by atoms with Crippen molar-refractivity contribution >= 4 is 0 Å². The molecule has 152 valence electrons. The van der Waals surface area contributed by atoms with Gasteiger partial charge in [0.1, 0.15) is 0 Å². The van der Waals surface area contributed by atoms with Crippen LogP contribution in [0.3, 0.4) is 0 Å². The van der Waals surface area contributed by atoms with E-state index < -0.39 is 0 Å². The Hall–Kier alpha value is -2.52. The molecule has 0 spiro atoms. The van der Waals surface area contributed by atoms with E-state index in [0.717, 1.165) is 22.8 Å². The number of imidazole rings is 1. The van der Waals surface area contributed by atoms with Crippen molar-refractivity contribution in [3.63, 3.8) is 0 Å². The van der Waals surface area contributed by atoms with Crippen LogP contribution in [0.25, 0.3) is 16.9 Å². The summed E-state index contributed by atoms with van der Waals surface area (Å²) < 4.78 is 5.91. The summed E-state index contributed by atoms with van der Waals surface area (Å²) in [7, 11) is 3.99. The Bertz CT molecular complexity index is 1010. The van der Waals surface area contributed by atoms with Crippen molar-refractivity contribution < 1.29 is 25.6 Å². The van der Waals surface area contributed by atoms with Crippen LogP contribution in [0.4, 0.5) is 0 Å². The van der Waals surface area contributed by atoms with Crippen LogP contribution in [0.15, 0.2) is 49.1 Å². The molecule has 0 atom stereocenters. The van der Waals surface area contributed by atoms with E-state index in [-0.39, 0.29) is 21.1 Å². The van der Waals surface area contributed by atoms with Gasteiger partial charge < -0.3 is 4.57 Å². The number of aryl methyl sites for hydroxylation is 4. The van der Waals surface area contributed by atoms with Gasteiger partial charge >= 0.3 is 21.1 Å². The predicted octanol–water partition coefficient (Wildman–Crippen LogP) is 3.62. The molecule has 0 aliphatic heterocycles. The zero-order valence-electron chi connectivity index (χ0n) is 17.7. The Morgan fingerprint density at radius 2 is 1.62 bits per heavy atom. The fourth-order valence-electron chi connectivity index (χ4n) is 2.92. The Morgan fingerprint density at radius 3 is 2.14 bits per heavy atom. The molecule has 0 radical (unpaired) electrons. The van der Waals surface area contributed by atoms with Crippen LogP contribution in [-0.4, -0.2) is 19.3 Å². The second-order valence-corrected chi connectivity index (χ2v) is 6.92. The van der Waals surface area contributed by atoms with E-state index in [2.05, 4.69) is 55.1 Å². The van der Waals surface area contributed by atoms with Crippen LogP contribution in [-0.2, 0) is 35.2 Å². The minimum absolute atomic E-state index is 0. The van der Waals surface area contributed by atoms with Crippen LogP contribution < -0.4 is 4.57 Å². The average Bonchev–Trinajstić information content (AvgIpc) is 3.19. The summed E-state index contributed by atoms with van der Waals surface area (Å²) >= 11 is 0. The van der Waals surface area contributed by atoms with Gasteiger partial charge in [0.15, 0.2) is 0 Å². The van der Waals surface area contributed by atoms with Crippen molar-refractivity contribution in [2.24, 2.45) is 14.1 Å². The van der Waals surface area contributed by atoms with Crippen LogP contribution >= 0.6 is 0 Å². The minimum atomic E-state index is 0. The van der Waals surface area contributed by atoms with Gasteiger partial charge in [-0.15, -0.1) is 51.7 Å². The van der Waals surface area contributed by atoms with Gasteiger partial charge in [-0.2, -0.15) is 18.2 Å². The van der Waals surface area contributed by atoms with Gasteiger partial charge in [0.05, 0.1) is 13.4 Å². The molecule has 5 nitrogen and oxygen atoms in total. The maximum absolute atomic E-state index is 4.38. The molecule has 0 bridgehead atoms. The van der Waals surface area contributed by atoms with Gasteiger partial charge in [0, 0.05) is 30.5 Å². The van der Waals surface area contributed by atoms with Crippen LogP contribution in [0.1, 0.15) is 22.6 Å². The largest absolute Gasteiger partial charge is 2.00 e. The van der Waals surface area contributed by atoms with Crippen LogP contribution in [0, 0.1) is 39.8 Å². The minimum Gasteiger partial charge on any atom is -0.347 e. The molecule has 0 amide bonds. The van der Waals surface area contributed by atoms with Crippen molar-refractivity contribution in [2.45, 2.75) is 27.7 Å². The van der Waals surface area contributed by atoms with Crippen LogP contribution in [0.5, 0.6) is 0 Å². The Kier molecular flexibility index (Phi) is 7.69. The predicted molar refractivity (Wildman–Crippen MR) is 110 cm³/mol. The molecule has 6 heteroatoms. The quantitative estimate of drug-likeness (QED) is 0.274. The molecule has 2 aromatic carbocycles. The summed E-state index contributed by atoms with van der Waals surface area (Å²) in [6, 6.07) is 18.4. The molecule has 0 fully saturated rings. The molecule has 0 aliphatic rings. The molecule has 2 aromatic heterocycles. The smallest absolute Gasteiger partial charge is 0.347 e. The third-order valence-corrected chi connectivity index (χ3v) is 4.94. The van der Waals surface area contributed by atoms with Gasteiger partial charge in [-0.1, -0.05) is 13.8 Å². The van der Waals surface area contributed by atoms with Gasteiger partial charge in [-0.25, -0.2) is 4.57 Å². The third-order valence-electron chi connectivity index (χ3n) is 4.94. The van der Waals surface area contributed by atoms with E-state index >= 15 is 0 Å². The Balaban J connectivity index is 0.000000200. The average molecular weight is 568 g/mol. The summed E-state index contributed by atoms with van der Waals surface area (Å²) in [6.45, 7) is 8.25. The van der Waals surface area contributed by atoms with Gasteiger partial charge in [-0.3, -0.25) is 4.98 Å². The number of nitrogens with zero attached hydrogens (tertiary/aromatic N) is 5. The Morgan fingerprint density at radius 1 is 0.966 bits per heavy atom. The van der Waals surface area contributed by atoms with Gasteiger partial charge in [0.25, 0.3) is 6.33 Å². The Labute approximate surface area is 187 Å². The molecular weight excluding hydrogens is 541 g/mol. The van der Waals surface area contributed by atoms with E-state index in [1.807, 2.05) is 65.4 Å². The second kappa shape index (κ2) is 9.80. The molecule has 0 unspecified atom stereocenters. The van der Waals surface area contributed by atoms with E-state index in [9.17, 15) is 0 Å². The summed E-state index contributed by atoms with van der Waals surface area (Å²) in [5.74, 6) is 1.09. The number of hydrogen-bond donors (Lipinski definition) is 0. The first kappa shape index (κ1) is 22.8. The number of rotatable bonds is 2. The fourth-order valence-corrected chi connectivity index (χ4v) is 2.92. The van der Waals surface area contributed by atoms with Crippen molar-refractivity contribution in [1.82, 2.24) is 19.3 Å². The summed E-state index contributed by atoms with van der Waals surface area (Å²) in [6.07, 6.45) is 3.64. The maximum atomic E-state index is 4.38. The molecule has 0 saturated heterocycles. The second-order valence-electron chi connectivity index (χ2n) is 6.92. The van der Waals surface area contributed by atoms with E-state index in [4.69, 9.17) is 0 Å². The molecule has 2 heterocycles. The van der Waals surface area contributed by atoms with Gasteiger partial charge in [0.2, 0.25) is 5.82 Å². The zero-order valence-corrected chi connectivity index (χ0v) is 19.9. The topological polar surface area (TPSA) is 39.5 Å². The van der Waals surface area contributed by atoms with Crippen molar-refractivity contribution in [3.8, 4) is 16.9 Å². The SMILES string of the molecule is Cc1ccc[c-]c1-c1ncn(C)c1C.Cc1ccc[c-]c1-n1nc[n+](C)c1C.[Pt+2]. The van der Waals surface area contributed by atoms with E-state index in [0.29, 0.717) is 0 Å². The summed E-state index contributed by atoms with van der Waals surface area (Å²) in [4.78, 5) is 4.38. The molecule has 29 heavy (non-hydrogen) atoms. The number of para-hydroxylation sites is 1. The monoisotopic (exact) mass is 567 g/mol. The summed E-state index contributed by atoms with van der Waals surface area (Å²) in [5, 5.41) is 4.29. The van der Waals surface area contributed by atoms with Gasteiger partial charge in [-0.05, 0) is 12.6 Å². The first-order valence-electron chi connectivity index (χ1n) is 9.23. The fraction of sp³-hybridized carbons (Fsp3) is 0.261. The number of hydrogen-bond acceptors (Lipinski definition) is 2. The molecule has 0 N–H and O–H groups in total. The van der Waals surface area contributed by atoms with Crippen LogP contribution in [0.2, 0.25) is 0 Å². The summed E-state index contributed by atoms with van der Waals surface area (Å²) in [5.41, 5.74) is 6.73. The standard InChI is InChI=1S/C12H13N2.C11H13N3.Pt/c1-9-6-4-5-7-11(9)12-10(2)14(3)8-13-12;1-9-6-4-5-7-11(9)14-10(2)13(3)8-12-14;/h2*4-6,8H,1-3H3;/q-1;;+2. The molecule has 4 rings (SSSR count). The third kappa shape index (κ3) is 4.91. The van der Waals surface area contributed by atoms with E-state index in [1.165, 1.54) is 16.8 Å². The van der Waals surface area contributed by atoms with E-state index in [1.54, 1.807) is 6.33 Å². The van der Waals surface area contributed by atoms with Crippen molar-refractivity contribution in [1.29, 1.82) is 0 Å². The molecule has 0 aliphatic carbocycles. The maximum Gasteiger partial charge on any atom is 2.00 e.